The van der Waals surface area contributed by atoms with E-state index in [9.17, 15) is 9.90 Å². The lowest BCUT2D eigenvalue weighted by Gasteiger charge is -2.29. The first kappa shape index (κ1) is 25.0. The average Bonchev–Trinajstić information content (AvgIpc) is 3.05. The maximum absolute atomic E-state index is 13.0. The number of aliphatic hydroxyl groups is 1. The molecule has 1 heterocycles. The van der Waals surface area contributed by atoms with Crippen molar-refractivity contribution >= 4 is 51.1 Å². The fraction of sp³-hybridized carbons (Fsp3) is 0.400. The molecule has 0 unspecified atom stereocenters. The van der Waals surface area contributed by atoms with Gasteiger partial charge in [-0.2, -0.15) is 0 Å². The Balaban J connectivity index is 2.48. The van der Waals surface area contributed by atoms with Crippen molar-refractivity contribution in [1.82, 2.24) is 4.57 Å². The van der Waals surface area contributed by atoms with Crippen LogP contribution in [0.2, 0.25) is 5.02 Å². The van der Waals surface area contributed by atoms with Gasteiger partial charge < -0.3 is 19.1 Å². The molecular formula is C25H29ClINO4. The first-order valence-electron chi connectivity index (χ1n) is 10.4. The van der Waals surface area contributed by atoms with E-state index in [4.69, 9.17) is 21.1 Å². The molecule has 32 heavy (non-hydrogen) atoms. The summed E-state index contributed by atoms with van der Waals surface area (Å²) in [5.41, 5.74) is 5.07. The Labute approximate surface area is 207 Å². The molecule has 0 radical (unpaired) electrons. The monoisotopic (exact) mass is 569 g/mol. The van der Waals surface area contributed by atoms with E-state index in [0.717, 1.165) is 42.4 Å². The summed E-state index contributed by atoms with van der Waals surface area (Å²) >= 11 is 8.50. The first-order chi connectivity index (χ1) is 15.0. The number of carbonyl (C=O) groups excluding carboxylic acids is 1. The van der Waals surface area contributed by atoms with Crippen LogP contribution < -0.4 is 0 Å². The smallest absolute Gasteiger partial charge is 0.339 e. The van der Waals surface area contributed by atoms with Crippen LogP contribution >= 0.6 is 34.2 Å². The van der Waals surface area contributed by atoms with Crippen LogP contribution in [0.25, 0.3) is 22.0 Å². The van der Waals surface area contributed by atoms with Crippen molar-refractivity contribution < 1.29 is 19.4 Å². The van der Waals surface area contributed by atoms with Crippen LogP contribution in [0.1, 0.15) is 43.7 Å². The third-order valence-electron chi connectivity index (χ3n) is 5.39. The molecule has 172 valence electrons. The van der Waals surface area contributed by atoms with Crippen LogP contribution in [0, 0.1) is 17.4 Å². The number of methoxy groups -OCH3 is 1. The van der Waals surface area contributed by atoms with E-state index in [0.29, 0.717) is 11.6 Å². The van der Waals surface area contributed by atoms with Crippen LogP contribution in [-0.2, 0) is 20.8 Å². The summed E-state index contributed by atoms with van der Waals surface area (Å²) in [5.74, 6) is -0.445. The van der Waals surface area contributed by atoms with E-state index < -0.39 is 17.7 Å². The molecular weight excluding hydrogens is 541 g/mol. The number of rotatable bonds is 6. The SMILES string of the molecule is COC(=O)[C@@H](OC(C)(C)C)c1c(C)c(I)c2c(cc(C)n2CCO)c1-c1ccc(Cl)cc1. The van der Waals surface area contributed by atoms with E-state index in [1.54, 1.807) is 0 Å². The molecule has 0 aliphatic rings. The minimum atomic E-state index is -0.898. The van der Waals surface area contributed by atoms with Crippen molar-refractivity contribution in [3.05, 3.63) is 55.7 Å². The Hall–Kier alpha value is -1.61. The number of aliphatic hydroxyl groups excluding tert-OH is 1. The van der Waals surface area contributed by atoms with Gasteiger partial charge in [-0.15, -0.1) is 0 Å². The number of halogens is 2. The van der Waals surface area contributed by atoms with Gasteiger partial charge in [0.05, 0.1) is 24.8 Å². The average molecular weight is 570 g/mol. The lowest BCUT2D eigenvalue weighted by atomic mass is 9.89. The van der Waals surface area contributed by atoms with Crippen molar-refractivity contribution in [2.75, 3.05) is 13.7 Å². The first-order valence-corrected chi connectivity index (χ1v) is 11.9. The fourth-order valence-electron chi connectivity index (χ4n) is 4.06. The number of fused-ring (bicyclic) bond motifs is 1. The maximum atomic E-state index is 13.0. The predicted molar refractivity (Wildman–Crippen MR) is 137 cm³/mol. The summed E-state index contributed by atoms with van der Waals surface area (Å²) in [4.78, 5) is 13.0. The predicted octanol–water partition coefficient (Wildman–Crippen LogP) is 6.20. The van der Waals surface area contributed by atoms with Gasteiger partial charge in [-0.25, -0.2) is 4.79 Å². The van der Waals surface area contributed by atoms with Gasteiger partial charge in [-0.3, -0.25) is 0 Å². The van der Waals surface area contributed by atoms with Crippen LogP contribution in [0.15, 0.2) is 30.3 Å². The molecule has 0 bridgehead atoms. The number of hydrogen-bond acceptors (Lipinski definition) is 4. The summed E-state index contributed by atoms with van der Waals surface area (Å²) < 4.78 is 14.6. The molecule has 0 aliphatic carbocycles. The third kappa shape index (κ3) is 4.83. The second kappa shape index (κ2) is 9.71. The molecule has 7 heteroatoms. The molecule has 1 atom stereocenters. The molecule has 3 rings (SSSR count). The molecule has 1 aromatic heterocycles. The van der Waals surface area contributed by atoms with Crippen molar-refractivity contribution in [2.24, 2.45) is 0 Å². The molecule has 0 saturated carbocycles. The van der Waals surface area contributed by atoms with Crippen molar-refractivity contribution in [2.45, 2.75) is 52.9 Å². The zero-order valence-corrected chi connectivity index (χ0v) is 22.2. The van der Waals surface area contributed by atoms with Crippen LogP contribution in [0.4, 0.5) is 0 Å². The van der Waals surface area contributed by atoms with Gasteiger partial charge in [0.15, 0.2) is 6.10 Å². The number of hydrogen-bond donors (Lipinski definition) is 1. The number of aryl methyl sites for hydroxylation is 1. The highest BCUT2D eigenvalue weighted by atomic mass is 127. The number of esters is 1. The maximum Gasteiger partial charge on any atom is 0.339 e. The van der Waals surface area contributed by atoms with Crippen molar-refractivity contribution in [3.8, 4) is 11.1 Å². The number of benzene rings is 2. The van der Waals surface area contributed by atoms with Gasteiger partial charge >= 0.3 is 5.97 Å². The zero-order valence-electron chi connectivity index (χ0n) is 19.3. The van der Waals surface area contributed by atoms with Gasteiger partial charge in [0.2, 0.25) is 0 Å². The van der Waals surface area contributed by atoms with Crippen LogP contribution in [0.5, 0.6) is 0 Å². The number of ether oxygens (including phenoxy) is 2. The standard InChI is InChI=1S/C25H29ClINO4/c1-14-13-18-20(16-7-9-17(26)10-8-16)19(23(24(30)31-6)32-25(3,4)5)15(2)21(27)22(18)28(14)11-12-29/h7-10,13,23,29H,11-12H2,1-6H3/t23-/m0/s1. The highest BCUT2D eigenvalue weighted by molar-refractivity contribution is 14.1. The summed E-state index contributed by atoms with van der Waals surface area (Å²) in [6.45, 7) is 10.3. The third-order valence-corrected chi connectivity index (χ3v) is 6.96. The lowest BCUT2D eigenvalue weighted by molar-refractivity contribution is -0.164. The van der Waals surface area contributed by atoms with Crippen molar-refractivity contribution in [1.29, 1.82) is 0 Å². The van der Waals surface area contributed by atoms with Crippen LogP contribution in [0.3, 0.4) is 0 Å². The summed E-state index contributed by atoms with van der Waals surface area (Å²) in [7, 11) is 1.38. The second-order valence-electron chi connectivity index (χ2n) is 8.79. The highest BCUT2D eigenvalue weighted by Gasteiger charge is 2.34. The summed E-state index contributed by atoms with van der Waals surface area (Å²) in [6, 6.07) is 9.70. The molecule has 0 spiro atoms. The second-order valence-corrected chi connectivity index (χ2v) is 10.3. The normalized spacial score (nSPS) is 12.9. The van der Waals surface area contributed by atoms with E-state index in [2.05, 4.69) is 33.2 Å². The molecule has 0 fully saturated rings. The molecule has 2 aromatic carbocycles. The van der Waals surface area contributed by atoms with E-state index in [1.807, 2.05) is 58.9 Å². The highest BCUT2D eigenvalue weighted by Crippen LogP contribution is 2.44. The fourth-order valence-corrected chi connectivity index (χ4v) is 5.06. The largest absolute Gasteiger partial charge is 0.467 e. The van der Waals surface area contributed by atoms with Gasteiger partial charge in [0, 0.05) is 31.8 Å². The number of nitrogens with zero attached hydrogens (tertiary/aromatic N) is 1. The van der Waals surface area contributed by atoms with Crippen molar-refractivity contribution in [3.63, 3.8) is 0 Å². The molecule has 3 aromatic rings. The van der Waals surface area contributed by atoms with Gasteiger partial charge in [0.1, 0.15) is 0 Å². The van der Waals surface area contributed by atoms with Gasteiger partial charge in [-0.05, 0) is 92.1 Å². The Kier molecular flexibility index (Phi) is 7.59. The van der Waals surface area contributed by atoms with Gasteiger partial charge in [0.25, 0.3) is 0 Å². The Morgan fingerprint density at radius 1 is 1.22 bits per heavy atom. The minimum Gasteiger partial charge on any atom is -0.467 e. The zero-order chi connectivity index (χ0) is 23.8. The molecule has 0 amide bonds. The van der Waals surface area contributed by atoms with E-state index >= 15 is 0 Å². The van der Waals surface area contributed by atoms with E-state index in [-0.39, 0.29) is 6.61 Å². The Morgan fingerprint density at radius 3 is 2.38 bits per heavy atom. The summed E-state index contributed by atoms with van der Waals surface area (Å²) in [5, 5.41) is 11.3. The van der Waals surface area contributed by atoms with Crippen LogP contribution in [-0.4, -0.2) is 35.0 Å². The molecule has 0 aliphatic heterocycles. The quantitative estimate of drug-likeness (QED) is 0.283. The van der Waals surface area contributed by atoms with Gasteiger partial charge in [-0.1, -0.05) is 23.7 Å². The molecule has 0 saturated heterocycles. The van der Waals surface area contributed by atoms with E-state index in [1.165, 1.54) is 7.11 Å². The Bertz CT molecular complexity index is 1150. The minimum absolute atomic E-state index is 0.0374. The number of carbonyl (C=O) groups is 1. The topological polar surface area (TPSA) is 60.7 Å². The lowest BCUT2D eigenvalue weighted by Crippen LogP contribution is -2.29. The molecule has 5 nitrogen and oxygen atoms in total. The Morgan fingerprint density at radius 2 is 1.84 bits per heavy atom. The number of aromatic nitrogens is 1. The molecule has 1 N–H and O–H groups in total. The summed E-state index contributed by atoms with van der Waals surface area (Å²) in [6.07, 6.45) is -0.898.